The fourth-order valence-electron chi connectivity index (χ4n) is 1.15. The Morgan fingerprint density at radius 2 is 2.00 bits per heavy atom. The Bertz CT molecular complexity index is 247. The first-order chi connectivity index (χ1) is 6.27. The minimum absolute atomic E-state index is 0.200. The first-order valence-electron chi connectivity index (χ1n) is 4.81. The summed E-state index contributed by atoms with van der Waals surface area (Å²) >= 11 is 0. The molecule has 1 atom stereocenters. The second-order valence-corrected chi connectivity index (χ2v) is 6.28. The van der Waals surface area contributed by atoms with Crippen LogP contribution >= 0.6 is 0 Å². The first kappa shape index (κ1) is 13.9. The number of ether oxygens (including phenoxy) is 1. The average Bonchev–Trinajstić information content (AvgIpc) is 1.98. The van der Waals surface area contributed by atoms with Gasteiger partial charge in [-0.3, -0.25) is 0 Å². The molecule has 0 aliphatic rings. The third-order valence-corrected chi connectivity index (χ3v) is 2.93. The highest BCUT2D eigenvalue weighted by molar-refractivity contribution is 7.90. The molecule has 0 aliphatic carbocycles. The Morgan fingerprint density at radius 1 is 1.43 bits per heavy atom. The van der Waals surface area contributed by atoms with E-state index >= 15 is 0 Å². The van der Waals surface area contributed by atoms with Crippen LogP contribution in [-0.4, -0.2) is 39.2 Å². The van der Waals surface area contributed by atoms with E-state index in [-0.39, 0.29) is 5.75 Å². The third kappa shape index (κ3) is 8.47. The number of sulfone groups is 1. The molecule has 0 fully saturated rings. The molecular formula is C9H21NO3S. The van der Waals surface area contributed by atoms with Crippen LogP contribution in [0, 0.1) is 0 Å². The van der Waals surface area contributed by atoms with Crippen molar-refractivity contribution in [2.45, 2.75) is 32.2 Å². The topological polar surface area (TPSA) is 69.4 Å². The van der Waals surface area contributed by atoms with Gasteiger partial charge in [0.2, 0.25) is 0 Å². The lowest BCUT2D eigenvalue weighted by Gasteiger charge is -2.23. The lowest BCUT2D eigenvalue weighted by Crippen LogP contribution is -2.41. The summed E-state index contributed by atoms with van der Waals surface area (Å²) in [4.78, 5) is 0. The van der Waals surface area contributed by atoms with Gasteiger partial charge in [-0.05, 0) is 26.7 Å². The van der Waals surface area contributed by atoms with Gasteiger partial charge >= 0.3 is 0 Å². The van der Waals surface area contributed by atoms with Gasteiger partial charge in [-0.15, -0.1) is 0 Å². The summed E-state index contributed by atoms with van der Waals surface area (Å²) in [6, 6.07) is 0. The van der Waals surface area contributed by atoms with Crippen molar-refractivity contribution < 1.29 is 13.2 Å². The maximum absolute atomic E-state index is 10.9. The van der Waals surface area contributed by atoms with E-state index in [4.69, 9.17) is 10.5 Å². The lowest BCUT2D eigenvalue weighted by molar-refractivity contribution is 0.0974. The zero-order chi connectivity index (χ0) is 11.2. The van der Waals surface area contributed by atoms with Gasteiger partial charge in [0, 0.05) is 24.2 Å². The normalized spacial score (nSPS) is 16.6. The van der Waals surface area contributed by atoms with Gasteiger partial charge in [0.15, 0.2) is 0 Å². The van der Waals surface area contributed by atoms with E-state index in [0.29, 0.717) is 26.1 Å². The fraction of sp³-hybridized carbons (Fsp3) is 1.00. The molecule has 4 nitrogen and oxygen atoms in total. The summed E-state index contributed by atoms with van der Waals surface area (Å²) in [5.41, 5.74) is 5.50. The number of nitrogens with two attached hydrogens (primary N) is 1. The van der Waals surface area contributed by atoms with Crippen LogP contribution in [0.1, 0.15) is 26.7 Å². The fourth-order valence-corrected chi connectivity index (χ4v) is 1.81. The highest BCUT2D eigenvalue weighted by Crippen LogP contribution is 2.10. The van der Waals surface area contributed by atoms with Crippen LogP contribution in [0.4, 0.5) is 0 Å². The summed E-state index contributed by atoms with van der Waals surface area (Å²) in [6.07, 6.45) is 2.50. The predicted molar refractivity (Wildman–Crippen MR) is 58.0 cm³/mol. The monoisotopic (exact) mass is 223 g/mol. The molecule has 86 valence electrons. The summed E-state index contributed by atoms with van der Waals surface area (Å²) in [5, 5.41) is 0. The average molecular weight is 223 g/mol. The van der Waals surface area contributed by atoms with E-state index in [1.807, 2.05) is 13.8 Å². The van der Waals surface area contributed by atoms with Gasteiger partial charge in [0.1, 0.15) is 9.84 Å². The molecule has 0 radical (unpaired) electrons. The molecule has 0 heterocycles. The lowest BCUT2D eigenvalue weighted by atomic mass is 9.99. The van der Waals surface area contributed by atoms with E-state index < -0.39 is 15.4 Å². The second kappa shape index (κ2) is 5.68. The summed E-state index contributed by atoms with van der Waals surface area (Å²) in [6.45, 7) is 4.91. The predicted octanol–water partition coefficient (Wildman–Crippen LogP) is 0.565. The number of rotatable bonds is 7. The Labute approximate surface area is 86.7 Å². The maximum atomic E-state index is 10.9. The van der Waals surface area contributed by atoms with Crippen LogP contribution in [0.3, 0.4) is 0 Å². The molecule has 0 bridgehead atoms. The third-order valence-electron chi connectivity index (χ3n) is 1.90. The van der Waals surface area contributed by atoms with Crippen molar-refractivity contribution in [2.24, 2.45) is 5.73 Å². The largest absolute Gasteiger partial charge is 0.380 e. The highest BCUT2D eigenvalue weighted by atomic mass is 32.2. The van der Waals surface area contributed by atoms with Gasteiger partial charge in [0.25, 0.3) is 0 Å². The van der Waals surface area contributed by atoms with Crippen molar-refractivity contribution in [2.75, 3.05) is 25.2 Å². The smallest absolute Gasteiger partial charge is 0.147 e. The van der Waals surface area contributed by atoms with Crippen molar-refractivity contribution in [3.8, 4) is 0 Å². The molecule has 0 aromatic carbocycles. The Kier molecular flexibility index (Phi) is 5.63. The molecule has 5 heteroatoms. The minimum Gasteiger partial charge on any atom is -0.380 e. The van der Waals surface area contributed by atoms with Crippen LogP contribution < -0.4 is 5.73 Å². The van der Waals surface area contributed by atoms with Gasteiger partial charge in [-0.25, -0.2) is 8.42 Å². The van der Waals surface area contributed by atoms with Crippen molar-refractivity contribution in [1.82, 2.24) is 0 Å². The highest BCUT2D eigenvalue weighted by Gasteiger charge is 2.18. The van der Waals surface area contributed by atoms with E-state index in [2.05, 4.69) is 0 Å². The van der Waals surface area contributed by atoms with Crippen LogP contribution in [0.2, 0.25) is 0 Å². The molecule has 0 aromatic rings. The van der Waals surface area contributed by atoms with Crippen molar-refractivity contribution in [3.63, 3.8) is 0 Å². The summed E-state index contributed by atoms with van der Waals surface area (Å²) in [7, 11) is -2.86. The van der Waals surface area contributed by atoms with Gasteiger partial charge < -0.3 is 10.5 Å². The van der Waals surface area contributed by atoms with E-state index in [0.717, 1.165) is 0 Å². The molecule has 0 saturated heterocycles. The Balaban J connectivity index is 3.76. The molecule has 0 saturated carbocycles. The van der Waals surface area contributed by atoms with Crippen molar-refractivity contribution >= 4 is 9.84 Å². The van der Waals surface area contributed by atoms with Gasteiger partial charge in [-0.2, -0.15) is 0 Å². The Hall–Kier alpha value is -0.130. The molecule has 0 amide bonds. The maximum Gasteiger partial charge on any atom is 0.147 e. The minimum atomic E-state index is -2.86. The van der Waals surface area contributed by atoms with Crippen molar-refractivity contribution in [1.29, 1.82) is 0 Å². The molecule has 1 unspecified atom stereocenters. The van der Waals surface area contributed by atoms with E-state index in [1.165, 1.54) is 6.26 Å². The molecule has 0 spiro atoms. The standard InChI is InChI=1S/C9H21NO3S/c1-4-13-8-9(2,10)6-5-7-14(3,11)12/h4-8,10H2,1-3H3. The zero-order valence-corrected chi connectivity index (χ0v) is 10.1. The molecule has 0 aromatic heterocycles. The molecular weight excluding hydrogens is 202 g/mol. The van der Waals surface area contributed by atoms with Gasteiger partial charge in [0.05, 0.1) is 6.61 Å². The number of hydrogen-bond acceptors (Lipinski definition) is 4. The Morgan fingerprint density at radius 3 is 2.43 bits per heavy atom. The molecule has 2 N–H and O–H groups in total. The number of hydrogen-bond donors (Lipinski definition) is 1. The summed E-state index contributed by atoms with van der Waals surface area (Å²) in [5.74, 6) is 0.200. The SMILES string of the molecule is CCOCC(C)(N)CCCS(C)(=O)=O. The summed E-state index contributed by atoms with van der Waals surface area (Å²) < 4.78 is 26.9. The van der Waals surface area contributed by atoms with Crippen LogP contribution in [0.15, 0.2) is 0 Å². The van der Waals surface area contributed by atoms with Crippen LogP contribution in [-0.2, 0) is 14.6 Å². The van der Waals surface area contributed by atoms with E-state index in [1.54, 1.807) is 0 Å². The van der Waals surface area contributed by atoms with E-state index in [9.17, 15) is 8.42 Å². The zero-order valence-electron chi connectivity index (χ0n) is 9.25. The molecule has 0 aliphatic heterocycles. The second-order valence-electron chi connectivity index (χ2n) is 4.02. The first-order valence-corrected chi connectivity index (χ1v) is 6.87. The van der Waals surface area contributed by atoms with Crippen LogP contribution in [0.25, 0.3) is 0 Å². The molecule has 14 heavy (non-hydrogen) atoms. The quantitative estimate of drug-likeness (QED) is 0.685. The van der Waals surface area contributed by atoms with Crippen molar-refractivity contribution in [3.05, 3.63) is 0 Å². The van der Waals surface area contributed by atoms with Crippen LogP contribution in [0.5, 0.6) is 0 Å². The molecule has 0 rings (SSSR count). The van der Waals surface area contributed by atoms with Gasteiger partial charge in [-0.1, -0.05) is 0 Å².